The van der Waals surface area contributed by atoms with Gasteiger partial charge in [-0.25, -0.2) is 8.78 Å². The van der Waals surface area contributed by atoms with Gasteiger partial charge in [-0.05, 0) is 46.7 Å². The third-order valence-electron chi connectivity index (χ3n) is 2.84. The Balaban J connectivity index is 1.91. The Morgan fingerprint density at radius 1 is 1.41 bits per heavy atom. The van der Waals surface area contributed by atoms with Gasteiger partial charge >= 0.3 is 0 Å². The van der Waals surface area contributed by atoms with Gasteiger partial charge in [0, 0.05) is 23.9 Å². The van der Waals surface area contributed by atoms with Crippen molar-refractivity contribution in [2.75, 3.05) is 12.3 Å². The molecule has 0 radical (unpaired) electrons. The lowest BCUT2D eigenvalue weighted by Gasteiger charge is -2.11. The smallest absolute Gasteiger partial charge is 0.144 e. The van der Waals surface area contributed by atoms with Gasteiger partial charge in [0.1, 0.15) is 11.6 Å². The summed E-state index contributed by atoms with van der Waals surface area (Å²) >= 11 is 4.99. The van der Waals surface area contributed by atoms with Gasteiger partial charge in [0.05, 0.1) is 4.47 Å². The van der Waals surface area contributed by atoms with E-state index >= 15 is 0 Å². The molecule has 1 aromatic rings. The van der Waals surface area contributed by atoms with E-state index in [2.05, 4.69) is 21.2 Å². The van der Waals surface area contributed by atoms with Crippen LogP contribution in [0.2, 0.25) is 0 Å². The molecule has 1 unspecified atom stereocenters. The van der Waals surface area contributed by atoms with E-state index in [0.717, 1.165) is 6.54 Å². The fraction of sp³-hybridized carbons (Fsp3) is 0.500. The number of thioether (sulfide) groups is 1. The molecule has 0 aromatic heterocycles. The van der Waals surface area contributed by atoms with Crippen molar-refractivity contribution in [1.29, 1.82) is 0 Å². The average molecular weight is 322 g/mol. The topological polar surface area (TPSA) is 12.0 Å². The van der Waals surface area contributed by atoms with Crippen LogP contribution in [-0.2, 0) is 6.54 Å². The van der Waals surface area contributed by atoms with Crippen LogP contribution >= 0.6 is 27.7 Å². The maximum atomic E-state index is 13.6. The molecule has 1 heterocycles. The molecule has 1 aromatic carbocycles. The van der Waals surface area contributed by atoms with Crippen LogP contribution in [0.4, 0.5) is 8.78 Å². The molecule has 0 bridgehead atoms. The maximum Gasteiger partial charge on any atom is 0.144 e. The third kappa shape index (κ3) is 3.42. The highest BCUT2D eigenvalue weighted by molar-refractivity contribution is 9.10. The predicted molar refractivity (Wildman–Crippen MR) is 71.2 cm³/mol. The first-order valence-corrected chi connectivity index (χ1v) is 7.47. The summed E-state index contributed by atoms with van der Waals surface area (Å²) in [7, 11) is 0. The number of halogens is 3. The van der Waals surface area contributed by atoms with Crippen LogP contribution in [0.15, 0.2) is 16.6 Å². The number of hydrogen-bond acceptors (Lipinski definition) is 2. The van der Waals surface area contributed by atoms with Crippen LogP contribution in [0.3, 0.4) is 0 Å². The molecule has 0 saturated carbocycles. The largest absolute Gasteiger partial charge is 0.311 e. The summed E-state index contributed by atoms with van der Waals surface area (Å²) in [5.74, 6) is 0.209. The van der Waals surface area contributed by atoms with Gasteiger partial charge in [0.25, 0.3) is 0 Å². The molecule has 1 nitrogen and oxygen atoms in total. The first-order valence-electron chi connectivity index (χ1n) is 5.63. The van der Waals surface area contributed by atoms with E-state index in [0.29, 0.717) is 9.72 Å². The molecule has 1 fully saturated rings. The number of hydrogen-bond donors (Lipinski definition) is 1. The van der Waals surface area contributed by atoms with Crippen molar-refractivity contribution >= 4 is 27.7 Å². The Labute approximate surface area is 112 Å². The van der Waals surface area contributed by atoms with Crippen molar-refractivity contribution in [3.8, 4) is 0 Å². The molecule has 1 aliphatic rings. The molecule has 0 spiro atoms. The zero-order valence-corrected chi connectivity index (χ0v) is 11.7. The van der Waals surface area contributed by atoms with E-state index in [1.807, 2.05) is 11.8 Å². The second-order valence-corrected chi connectivity index (χ2v) is 6.35. The average Bonchev–Trinajstić information content (AvgIpc) is 2.81. The molecular weight excluding hydrogens is 308 g/mol. The van der Waals surface area contributed by atoms with E-state index in [9.17, 15) is 8.78 Å². The molecule has 17 heavy (non-hydrogen) atoms. The molecule has 5 heteroatoms. The Morgan fingerprint density at radius 3 is 2.94 bits per heavy atom. The quantitative estimate of drug-likeness (QED) is 0.848. The molecule has 1 N–H and O–H groups in total. The van der Waals surface area contributed by atoms with Crippen LogP contribution in [0.25, 0.3) is 0 Å². The fourth-order valence-corrected chi connectivity index (χ4v) is 3.50. The summed E-state index contributed by atoms with van der Waals surface area (Å²) in [6.07, 6.45) is 2.44. The summed E-state index contributed by atoms with van der Waals surface area (Å²) in [4.78, 5) is 0. The summed E-state index contributed by atoms with van der Waals surface area (Å²) < 4.78 is 27.4. The van der Waals surface area contributed by atoms with E-state index in [4.69, 9.17) is 0 Å². The summed E-state index contributed by atoms with van der Waals surface area (Å²) in [5.41, 5.74) is 0.113. The summed E-state index contributed by atoms with van der Waals surface area (Å²) in [6.45, 7) is 1.06. The molecule has 0 amide bonds. The Hall–Kier alpha value is -0.130. The highest BCUT2D eigenvalue weighted by Gasteiger charge is 2.16. The van der Waals surface area contributed by atoms with Gasteiger partial charge in [0.15, 0.2) is 0 Å². The van der Waals surface area contributed by atoms with Gasteiger partial charge in [-0.2, -0.15) is 11.8 Å². The van der Waals surface area contributed by atoms with Crippen molar-refractivity contribution in [2.24, 2.45) is 0 Å². The van der Waals surface area contributed by atoms with Crippen molar-refractivity contribution < 1.29 is 8.78 Å². The highest BCUT2D eigenvalue weighted by Crippen LogP contribution is 2.26. The Morgan fingerprint density at radius 2 is 2.24 bits per heavy atom. The number of rotatable bonds is 4. The van der Waals surface area contributed by atoms with Gasteiger partial charge in [-0.15, -0.1) is 0 Å². The molecule has 1 aliphatic heterocycles. The van der Waals surface area contributed by atoms with Crippen LogP contribution in [0.5, 0.6) is 0 Å². The van der Waals surface area contributed by atoms with Crippen molar-refractivity contribution in [2.45, 2.75) is 24.6 Å². The monoisotopic (exact) mass is 321 g/mol. The summed E-state index contributed by atoms with van der Waals surface area (Å²) in [6, 6.07) is 2.68. The Kier molecular flexibility index (Phi) is 4.82. The third-order valence-corrected chi connectivity index (χ3v) is 4.85. The van der Waals surface area contributed by atoms with Crippen molar-refractivity contribution in [3.63, 3.8) is 0 Å². The van der Waals surface area contributed by atoms with Crippen LogP contribution in [-0.4, -0.2) is 17.5 Å². The van der Waals surface area contributed by atoms with Crippen LogP contribution < -0.4 is 5.32 Å². The minimum atomic E-state index is -0.503. The van der Waals surface area contributed by atoms with Gasteiger partial charge in [-0.1, -0.05) is 0 Å². The van der Waals surface area contributed by atoms with E-state index in [1.165, 1.54) is 30.7 Å². The molecule has 1 atom stereocenters. The van der Waals surface area contributed by atoms with E-state index < -0.39 is 11.6 Å². The van der Waals surface area contributed by atoms with Gasteiger partial charge in [0.2, 0.25) is 0 Å². The number of nitrogens with one attached hydrogen (secondary N) is 1. The second-order valence-electron chi connectivity index (χ2n) is 4.09. The number of benzene rings is 1. The standard InChI is InChI=1S/C12H14BrF2NS/c13-10-3-4-11(14)9(12(10)15)7-16-6-8-2-1-5-17-8/h3-4,8,16H,1-2,5-7H2. The maximum absolute atomic E-state index is 13.6. The van der Waals surface area contributed by atoms with Crippen molar-refractivity contribution in [1.82, 2.24) is 5.32 Å². The predicted octanol–water partition coefficient (Wildman–Crippen LogP) is 3.71. The van der Waals surface area contributed by atoms with E-state index in [-0.39, 0.29) is 12.1 Å². The minimum Gasteiger partial charge on any atom is -0.311 e. The molecule has 0 aliphatic carbocycles. The van der Waals surface area contributed by atoms with Crippen LogP contribution in [0.1, 0.15) is 18.4 Å². The molecule has 94 valence electrons. The van der Waals surface area contributed by atoms with Gasteiger partial charge < -0.3 is 5.32 Å². The molecular formula is C12H14BrF2NS. The second kappa shape index (κ2) is 6.16. The molecule has 1 saturated heterocycles. The van der Waals surface area contributed by atoms with E-state index in [1.54, 1.807) is 0 Å². The lowest BCUT2D eigenvalue weighted by atomic mass is 10.2. The first-order chi connectivity index (χ1) is 8.18. The lowest BCUT2D eigenvalue weighted by Crippen LogP contribution is -2.23. The zero-order chi connectivity index (χ0) is 12.3. The van der Waals surface area contributed by atoms with Gasteiger partial charge in [-0.3, -0.25) is 0 Å². The fourth-order valence-electron chi connectivity index (χ4n) is 1.89. The lowest BCUT2D eigenvalue weighted by molar-refractivity contribution is 0.529. The summed E-state index contributed by atoms with van der Waals surface area (Å²) in [5, 5.41) is 3.72. The normalized spacial score (nSPS) is 19.8. The molecule has 2 rings (SSSR count). The zero-order valence-electron chi connectivity index (χ0n) is 9.31. The minimum absolute atomic E-state index is 0.113. The van der Waals surface area contributed by atoms with Crippen LogP contribution in [0, 0.1) is 11.6 Å². The highest BCUT2D eigenvalue weighted by atomic mass is 79.9. The first kappa shape index (κ1) is 13.3. The van der Waals surface area contributed by atoms with Crippen molar-refractivity contribution in [3.05, 3.63) is 33.8 Å². The SMILES string of the molecule is Fc1ccc(Br)c(F)c1CNCC1CCCS1. The Bertz CT molecular complexity index is 394.